The van der Waals surface area contributed by atoms with Gasteiger partial charge in [0.25, 0.3) is 0 Å². The van der Waals surface area contributed by atoms with Gasteiger partial charge < -0.3 is 5.32 Å². The molecular formula is C9H8F2N2S. The Kier molecular flexibility index (Phi) is 2.67. The highest BCUT2D eigenvalue weighted by Gasteiger charge is 2.12. The lowest BCUT2D eigenvalue weighted by atomic mass is 10.3. The van der Waals surface area contributed by atoms with Crippen molar-refractivity contribution in [3.63, 3.8) is 0 Å². The molecule has 0 radical (unpaired) electrons. The molecule has 0 atom stereocenters. The summed E-state index contributed by atoms with van der Waals surface area (Å²) in [7, 11) is 0. The molecular weight excluding hydrogens is 206 g/mol. The van der Waals surface area contributed by atoms with Gasteiger partial charge in [0.05, 0.1) is 6.54 Å². The highest BCUT2D eigenvalue weighted by atomic mass is 32.2. The molecule has 1 aliphatic rings. The Hall–Kier alpha value is -1.10. The lowest BCUT2D eigenvalue weighted by molar-refractivity contribution is 0.591. The zero-order valence-electron chi connectivity index (χ0n) is 7.26. The fraction of sp³-hybridized carbons (Fsp3) is 0.222. The molecule has 2 nitrogen and oxygen atoms in total. The molecule has 1 aromatic carbocycles. The topological polar surface area (TPSA) is 24.4 Å². The molecule has 2 rings (SSSR count). The van der Waals surface area contributed by atoms with Crippen LogP contribution in [0.25, 0.3) is 0 Å². The van der Waals surface area contributed by atoms with Gasteiger partial charge in [-0.15, -0.1) is 0 Å². The van der Waals surface area contributed by atoms with Crippen LogP contribution in [0.5, 0.6) is 0 Å². The van der Waals surface area contributed by atoms with Crippen molar-refractivity contribution in [1.29, 1.82) is 0 Å². The maximum absolute atomic E-state index is 13.1. The number of thioether (sulfide) groups is 1. The van der Waals surface area contributed by atoms with Gasteiger partial charge in [0, 0.05) is 5.75 Å². The summed E-state index contributed by atoms with van der Waals surface area (Å²) in [6.07, 6.45) is 0. The molecule has 0 bridgehead atoms. The van der Waals surface area contributed by atoms with E-state index in [0.29, 0.717) is 11.7 Å². The van der Waals surface area contributed by atoms with Gasteiger partial charge in [-0.2, -0.15) is 0 Å². The number of benzene rings is 1. The van der Waals surface area contributed by atoms with Crippen LogP contribution in [0.1, 0.15) is 0 Å². The van der Waals surface area contributed by atoms with E-state index in [1.54, 1.807) is 0 Å². The standard InChI is InChI=1S/C9H8F2N2S/c10-6-2-1-3-7(11)8(6)13-9-12-4-5-14-9/h1-3H,4-5H2,(H,12,13). The highest BCUT2D eigenvalue weighted by molar-refractivity contribution is 8.14. The van der Waals surface area contributed by atoms with Gasteiger partial charge in [-0.1, -0.05) is 17.8 Å². The Morgan fingerprint density at radius 3 is 2.57 bits per heavy atom. The molecule has 1 N–H and O–H groups in total. The lowest BCUT2D eigenvalue weighted by Crippen LogP contribution is -2.08. The summed E-state index contributed by atoms with van der Waals surface area (Å²) < 4.78 is 26.3. The van der Waals surface area contributed by atoms with Crippen LogP contribution in [0.3, 0.4) is 0 Å². The molecule has 0 saturated carbocycles. The Balaban J connectivity index is 2.23. The van der Waals surface area contributed by atoms with Crippen LogP contribution in [0.2, 0.25) is 0 Å². The fourth-order valence-corrected chi connectivity index (χ4v) is 1.87. The average Bonchev–Trinajstić information content (AvgIpc) is 2.64. The number of halogens is 2. The summed E-state index contributed by atoms with van der Waals surface area (Å²) in [6, 6.07) is 3.76. The summed E-state index contributed by atoms with van der Waals surface area (Å²) in [5.74, 6) is -0.335. The summed E-state index contributed by atoms with van der Waals surface area (Å²) in [4.78, 5) is 4.05. The minimum atomic E-state index is -0.597. The molecule has 5 heteroatoms. The number of aliphatic imine (C=N–C) groups is 1. The highest BCUT2D eigenvalue weighted by Crippen LogP contribution is 2.21. The van der Waals surface area contributed by atoms with Gasteiger partial charge >= 0.3 is 0 Å². The minimum Gasteiger partial charge on any atom is -0.330 e. The maximum Gasteiger partial charge on any atom is 0.161 e. The van der Waals surface area contributed by atoms with Gasteiger partial charge in [0.2, 0.25) is 0 Å². The minimum absolute atomic E-state index is 0.124. The van der Waals surface area contributed by atoms with E-state index in [1.165, 1.54) is 30.0 Å². The maximum atomic E-state index is 13.1. The second kappa shape index (κ2) is 3.96. The van der Waals surface area contributed by atoms with Crippen molar-refractivity contribution < 1.29 is 8.78 Å². The van der Waals surface area contributed by atoms with Crippen molar-refractivity contribution in [2.75, 3.05) is 17.6 Å². The first-order chi connectivity index (χ1) is 6.77. The summed E-state index contributed by atoms with van der Waals surface area (Å²) in [5, 5.41) is 3.22. The molecule has 1 heterocycles. The first kappa shape index (κ1) is 9.45. The van der Waals surface area contributed by atoms with Gasteiger partial charge in [-0.25, -0.2) is 8.78 Å². The van der Waals surface area contributed by atoms with E-state index in [2.05, 4.69) is 10.3 Å². The molecule has 74 valence electrons. The van der Waals surface area contributed by atoms with E-state index in [9.17, 15) is 8.78 Å². The number of amidine groups is 1. The number of nitrogens with one attached hydrogen (secondary N) is 1. The molecule has 14 heavy (non-hydrogen) atoms. The third-order valence-electron chi connectivity index (χ3n) is 1.78. The molecule has 0 spiro atoms. The fourth-order valence-electron chi connectivity index (χ4n) is 1.13. The molecule has 0 amide bonds. The summed E-state index contributed by atoms with van der Waals surface area (Å²) >= 11 is 1.46. The van der Waals surface area contributed by atoms with Crippen LogP contribution in [0.4, 0.5) is 14.5 Å². The normalized spacial score (nSPS) is 15.4. The van der Waals surface area contributed by atoms with Crippen molar-refractivity contribution in [2.45, 2.75) is 0 Å². The van der Waals surface area contributed by atoms with E-state index in [0.717, 1.165) is 5.75 Å². The van der Waals surface area contributed by atoms with Crippen molar-refractivity contribution in [2.24, 2.45) is 4.99 Å². The third kappa shape index (κ3) is 1.87. The Labute approximate surface area is 84.4 Å². The molecule has 0 saturated heterocycles. The average molecular weight is 214 g/mol. The molecule has 1 aromatic rings. The predicted octanol–water partition coefficient (Wildman–Crippen LogP) is 2.48. The second-order valence-electron chi connectivity index (χ2n) is 2.76. The smallest absolute Gasteiger partial charge is 0.161 e. The number of hydrogen-bond donors (Lipinski definition) is 1. The van der Waals surface area contributed by atoms with Crippen LogP contribution < -0.4 is 5.32 Å². The van der Waals surface area contributed by atoms with E-state index >= 15 is 0 Å². The zero-order valence-corrected chi connectivity index (χ0v) is 8.07. The summed E-state index contributed by atoms with van der Waals surface area (Å²) in [6.45, 7) is 0.697. The molecule has 0 unspecified atom stereocenters. The van der Waals surface area contributed by atoms with E-state index in [1.807, 2.05) is 0 Å². The number of rotatable bonds is 1. The van der Waals surface area contributed by atoms with E-state index in [4.69, 9.17) is 0 Å². The Bertz CT molecular complexity index is 359. The number of anilines is 1. The SMILES string of the molecule is Fc1cccc(F)c1NC1=NCCS1. The van der Waals surface area contributed by atoms with Crippen molar-refractivity contribution in [1.82, 2.24) is 0 Å². The number of hydrogen-bond acceptors (Lipinski definition) is 3. The van der Waals surface area contributed by atoms with Crippen molar-refractivity contribution >= 4 is 22.6 Å². The largest absolute Gasteiger partial charge is 0.330 e. The monoisotopic (exact) mass is 214 g/mol. The zero-order chi connectivity index (χ0) is 9.97. The van der Waals surface area contributed by atoms with Crippen LogP contribution >= 0.6 is 11.8 Å². The van der Waals surface area contributed by atoms with Crippen LogP contribution in [-0.4, -0.2) is 17.5 Å². The second-order valence-corrected chi connectivity index (χ2v) is 3.84. The molecule has 0 aromatic heterocycles. The van der Waals surface area contributed by atoms with Crippen LogP contribution in [0, 0.1) is 11.6 Å². The Morgan fingerprint density at radius 1 is 1.29 bits per heavy atom. The Morgan fingerprint density at radius 2 is 2.00 bits per heavy atom. The van der Waals surface area contributed by atoms with E-state index in [-0.39, 0.29) is 5.69 Å². The molecule has 0 aliphatic carbocycles. The van der Waals surface area contributed by atoms with Gasteiger partial charge in [-0.3, -0.25) is 4.99 Å². The van der Waals surface area contributed by atoms with Crippen molar-refractivity contribution in [3.05, 3.63) is 29.8 Å². The van der Waals surface area contributed by atoms with Crippen LogP contribution in [-0.2, 0) is 0 Å². The first-order valence-corrected chi connectivity index (χ1v) is 5.14. The van der Waals surface area contributed by atoms with Gasteiger partial charge in [0.1, 0.15) is 17.3 Å². The van der Waals surface area contributed by atoms with Crippen LogP contribution in [0.15, 0.2) is 23.2 Å². The number of para-hydroxylation sites is 1. The lowest BCUT2D eigenvalue weighted by Gasteiger charge is -2.06. The predicted molar refractivity (Wildman–Crippen MR) is 54.7 cm³/mol. The third-order valence-corrected chi connectivity index (χ3v) is 2.67. The van der Waals surface area contributed by atoms with Gasteiger partial charge in [0.15, 0.2) is 5.17 Å². The quantitative estimate of drug-likeness (QED) is 0.776. The van der Waals surface area contributed by atoms with Crippen molar-refractivity contribution in [3.8, 4) is 0 Å². The number of nitrogens with zero attached hydrogens (tertiary/aromatic N) is 1. The summed E-state index contributed by atoms with van der Waals surface area (Å²) in [5.41, 5.74) is -0.124. The molecule has 0 fully saturated rings. The van der Waals surface area contributed by atoms with E-state index < -0.39 is 11.6 Å². The first-order valence-electron chi connectivity index (χ1n) is 4.15. The molecule has 1 aliphatic heterocycles. The van der Waals surface area contributed by atoms with Gasteiger partial charge in [-0.05, 0) is 12.1 Å².